The second-order valence-electron chi connectivity index (χ2n) is 9.05. The molecule has 1 saturated heterocycles. The number of hydrogen-bond donors (Lipinski definition) is 2. The smallest absolute Gasteiger partial charge is 0.169 e. The summed E-state index contributed by atoms with van der Waals surface area (Å²) in [6.07, 6.45) is 6.10. The highest BCUT2D eigenvalue weighted by Crippen LogP contribution is 2.32. The molecule has 1 aromatic carbocycles. The van der Waals surface area contributed by atoms with Crippen LogP contribution in [0.1, 0.15) is 24.6 Å². The number of benzene rings is 1. The van der Waals surface area contributed by atoms with E-state index >= 15 is 0 Å². The third kappa shape index (κ3) is 5.20. The molecule has 0 saturated carbocycles. The molecule has 10 nitrogen and oxygen atoms in total. The van der Waals surface area contributed by atoms with Crippen molar-refractivity contribution in [2.75, 3.05) is 35.2 Å². The lowest BCUT2D eigenvalue weighted by Gasteiger charge is -2.28. The number of aromatic hydroxyl groups is 1. The van der Waals surface area contributed by atoms with Crippen molar-refractivity contribution in [1.82, 2.24) is 24.7 Å². The number of nitrogen functional groups attached to an aromatic ring is 1. The number of pyridine rings is 1. The predicted molar refractivity (Wildman–Crippen MR) is 145 cm³/mol. The zero-order valence-corrected chi connectivity index (χ0v) is 21.0. The van der Waals surface area contributed by atoms with Crippen LogP contribution in [0.25, 0.3) is 11.3 Å². The third-order valence-electron chi connectivity index (χ3n) is 6.60. The number of aromatic nitrogens is 5. The molecular formula is C28H27N9O. The molecular weight excluding hydrogens is 478 g/mol. The SMILES string of the molecule is C[C@@H]1CCN(c2cc(-c3ccccc3O)nnc2N)CCN1c1ccc(C#N)c(C#CCn2ccnc2)n1. The Morgan fingerprint density at radius 2 is 2.00 bits per heavy atom. The van der Waals surface area contributed by atoms with Crippen molar-refractivity contribution in [3.05, 3.63) is 72.4 Å². The summed E-state index contributed by atoms with van der Waals surface area (Å²) in [6.45, 7) is 4.77. The van der Waals surface area contributed by atoms with E-state index in [0.717, 1.165) is 24.5 Å². The zero-order chi connectivity index (χ0) is 26.5. The first-order valence-electron chi connectivity index (χ1n) is 12.3. The fraction of sp³-hybridized carbons (Fsp3) is 0.250. The Morgan fingerprint density at radius 3 is 2.79 bits per heavy atom. The van der Waals surface area contributed by atoms with E-state index in [1.165, 1.54) is 0 Å². The van der Waals surface area contributed by atoms with Gasteiger partial charge in [0.2, 0.25) is 0 Å². The van der Waals surface area contributed by atoms with Gasteiger partial charge in [0.1, 0.15) is 23.3 Å². The molecule has 4 aromatic rings. The van der Waals surface area contributed by atoms with E-state index in [4.69, 9.17) is 10.7 Å². The maximum Gasteiger partial charge on any atom is 0.169 e. The minimum Gasteiger partial charge on any atom is -0.507 e. The van der Waals surface area contributed by atoms with Crippen LogP contribution in [0.3, 0.4) is 0 Å². The van der Waals surface area contributed by atoms with Crippen LogP contribution in [0.5, 0.6) is 5.75 Å². The molecule has 0 amide bonds. The van der Waals surface area contributed by atoms with Crippen molar-refractivity contribution in [3.8, 4) is 34.9 Å². The predicted octanol–water partition coefficient (Wildman–Crippen LogP) is 3.05. The van der Waals surface area contributed by atoms with E-state index < -0.39 is 0 Å². The Hall–Kier alpha value is -5.09. The summed E-state index contributed by atoms with van der Waals surface area (Å²) in [5.74, 6) is 7.40. The Kier molecular flexibility index (Phi) is 7.05. The Bertz CT molecular complexity index is 1530. The maximum absolute atomic E-state index is 10.3. The minimum absolute atomic E-state index is 0.143. The first kappa shape index (κ1) is 24.6. The topological polar surface area (TPSA) is 133 Å². The fourth-order valence-electron chi connectivity index (χ4n) is 4.50. The number of hydrogen-bond acceptors (Lipinski definition) is 9. The zero-order valence-electron chi connectivity index (χ0n) is 21.0. The molecule has 190 valence electrons. The van der Waals surface area contributed by atoms with Gasteiger partial charge in [-0.2, -0.15) is 5.26 Å². The molecule has 0 spiro atoms. The molecule has 1 fully saturated rings. The Balaban J connectivity index is 1.37. The lowest BCUT2D eigenvalue weighted by Crippen LogP contribution is -2.35. The minimum atomic E-state index is 0.143. The molecule has 10 heteroatoms. The van der Waals surface area contributed by atoms with Crippen LogP contribution in [-0.4, -0.2) is 55.5 Å². The van der Waals surface area contributed by atoms with Gasteiger partial charge in [0, 0.05) is 43.6 Å². The second-order valence-corrected chi connectivity index (χ2v) is 9.05. The van der Waals surface area contributed by atoms with Gasteiger partial charge in [0.25, 0.3) is 0 Å². The summed E-state index contributed by atoms with van der Waals surface area (Å²) in [4.78, 5) is 13.2. The Morgan fingerprint density at radius 1 is 1.13 bits per heavy atom. The monoisotopic (exact) mass is 505 g/mol. The van der Waals surface area contributed by atoms with Gasteiger partial charge in [-0.1, -0.05) is 18.1 Å². The largest absolute Gasteiger partial charge is 0.507 e. The summed E-state index contributed by atoms with van der Waals surface area (Å²) < 4.78 is 1.86. The summed E-state index contributed by atoms with van der Waals surface area (Å²) >= 11 is 0. The van der Waals surface area contributed by atoms with Gasteiger partial charge in [-0.3, -0.25) is 0 Å². The highest BCUT2D eigenvalue weighted by Gasteiger charge is 2.24. The molecule has 38 heavy (non-hydrogen) atoms. The van der Waals surface area contributed by atoms with Crippen molar-refractivity contribution in [3.63, 3.8) is 0 Å². The Labute approximate surface area is 221 Å². The number of nitrogens with two attached hydrogens (primary N) is 1. The van der Waals surface area contributed by atoms with E-state index in [9.17, 15) is 10.4 Å². The number of phenolic OH excluding ortho intramolecular Hbond substituents is 1. The molecule has 5 rings (SSSR count). The lowest BCUT2D eigenvalue weighted by molar-refractivity contribution is 0.477. The summed E-state index contributed by atoms with van der Waals surface area (Å²) in [5, 5.41) is 28.2. The molecule has 0 aliphatic carbocycles. The molecule has 1 aliphatic heterocycles. The third-order valence-corrected chi connectivity index (χ3v) is 6.60. The second kappa shape index (κ2) is 10.9. The fourth-order valence-corrected chi connectivity index (χ4v) is 4.50. The van der Waals surface area contributed by atoms with Gasteiger partial charge in [-0.25, -0.2) is 9.97 Å². The molecule has 1 aliphatic rings. The normalized spacial score (nSPS) is 15.3. The number of para-hydroxylation sites is 1. The van der Waals surface area contributed by atoms with Crippen LogP contribution in [0.2, 0.25) is 0 Å². The van der Waals surface area contributed by atoms with Crippen molar-refractivity contribution in [2.45, 2.75) is 25.9 Å². The van der Waals surface area contributed by atoms with Gasteiger partial charge < -0.3 is 25.2 Å². The van der Waals surface area contributed by atoms with Crippen LogP contribution in [0.15, 0.2) is 61.2 Å². The lowest BCUT2D eigenvalue weighted by atomic mass is 10.1. The maximum atomic E-state index is 10.3. The van der Waals surface area contributed by atoms with E-state index in [-0.39, 0.29) is 11.8 Å². The molecule has 0 unspecified atom stereocenters. The van der Waals surface area contributed by atoms with Crippen LogP contribution < -0.4 is 15.5 Å². The molecule has 3 N–H and O–H groups in total. The molecule has 3 aromatic heterocycles. The van der Waals surface area contributed by atoms with E-state index in [2.05, 4.69) is 49.8 Å². The number of imidazole rings is 1. The van der Waals surface area contributed by atoms with Crippen molar-refractivity contribution in [2.24, 2.45) is 0 Å². The van der Waals surface area contributed by atoms with E-state index in [1.54, 1.807) is 36.8 Å². The van der Waals surface area contributed by atoms with Crippen LogP contribution in [0.4, 0.5) is 17.3 Å². The van der Waals surface area contributed by atoms with Crippen molar-refractivity contribution < 1.29 is 5.11 Å². The van der Waals surface area contributed by atoms with Gasteiger partial charge in [0.05, 0.1) is 29.8 Å². The summed E-state index contributed by atoms with van der Waals surface area (Å²) in [5.41, 5.74) is 9.11. The average Bonchev–Trinajstić information content (AvgIpc) is 3.37. The number of nitriles is 1. The number of phenols is 1. The number of nitrogens with zero attached hydrogens (tertiary/aromatic N) is 8. The van der Waals surface area contributed by atoms with Crippen LogP contribution in [0, 0.1) is 23.2 Å². The van der Waals surface area contributed by atoms with Gasteiger partial charge in [-0.05, 0) is 49.6 Å². The van der Waals surface area contributed by atoms with Crippen LogP contribution in [-0.2, 0) is 6.54 Å². The van der Waals surface area contributed by atoms with Crippen molar-refractivity contribution in [1.29, 1.82) is 5.26 Å². The molecule has 0 bridgehead atoms. The van der Waals surface area contributed by atoms with Crippen LogP contribution >= 0.6 is 0 Å². The van der Waals surface area contributed by atoms with Gasteiger partial charge in [0.15, 0.2) is 5.82 Å². The van der Waals surface area contributed by atoms with E-state index in [0.29, 0.717) is 48.0 Å². The van der Waals surface area contributed by atoms with Gasteiger partial charge >= 0.3 is 0 Å². The molecule has 4 heterocycles. The first-order chi connectivity index (χ1) is 18.5. The average molecular weight is 506 g/mol. The molecule has 1 atom stereocenters. The molecule has 0 radical (unpaired) electrons. The highest BCUT2D eigenvalue weighted by molar-refractivity contribution is 5.74. The summed E-state index contributed by atoms with van der Waals surface area (Å²) in [6, 6.07) is 15.0. The van der Waals surface area contributed by atoms with Crippen molar-refractivity contribution >= 4 is 17.3 Å². The number of anilines is 3. The highest BCUT2D eigenvalue weighted by atomic mass is 16.3. The first-order valence-corrected chi connectivity index (χ1v) is 12.3. The van der Waals surface area contributed by atoms with E-state index in [1.807, 2.05) is 29.0 Å². The van der Waals surface area contributed by atoms with Gasteiger partial charge in [-0.15, -0.1) is 10.2 Å². The standard InChI is InChI=1S/C28H27N9O/c1-20-10-13-36(25-17-24(33-34-28(25)30)22-5-2-3-7-26(22)38)15-16-37(20)27-9-8-21(18-29)23(32-27)6-4-12-35-14-11-31-19-35/h2-3,5,7-9,11,14,17,19-20,38H,10,12-13,15-16H2,1H3,(H2,30,34)/t20-/m1/s1. The summed E-state index contributed by atoms with van der Waals surface area (Å²) in [7, 11) is 0. The quantitative estimate of drug-likeness (QED) is 0.401. The number of rotatable bonds is 4.